The fourth-order valence-corrected chi connectivity index (χ4v) is 5.71. The van der Waals surface area contributed by atoms with E-state index >= 15 is 0 Å². The van der Waals surface area contributed by atoms with E-state index in [2.05, 4.69) is 17.3 Å². The Balaban J connectivity index is 1.09. The van der Waals surface area contributed by atoms with Crippen molar-refractivity contribution in [3.63, 3.8) is 0 Å². The number of hydrogen-bond acceptors (Lipinski definition) is 6. The van der Waals surface area contributed by atoms with E-state index < -0.39 is 4.92 Å². The number of carbonyl (C=O) groups is 2. The first-order valence-electron chi connectivity index (χ1n) is 11.1. The van der Waals surface area contributed by atoms with Gasteiger partial charge in [-0.25, -0.2) is 0 Å². The Bertz CT molecular complexity index is 1170. The van der Waals surface area contributed by atoms with Gasteiger partial charge in [0.15, 0.2) is 0 Å². The zero-order chi connectivity index (χ0) is 22.7. The zero-order valence-corrected chi connectivity index (χ0v) is 17.6. The lowest BCUT2D eigenvalue weighted by atomic mass is 9.63. The molecule has 0 aromatic heterocycles. The Morgan fingerprint density at radius 1 is 0.970 bits per heavy atom. The van der Waals surface area contributed by atoms with Gasteiger partial charge in [-0.1, -0.05) is 12.2 Å². The van der Waals surface area contributed by atoms with Crippen LogP contribution in [-0.2, 0) is 16.2 Å². The van der Waals surface area contributed by atoms with Gasteiger partial charge in [0, 0.05) is 12.1 Å². The summed E-state index contributed by atoms with van der Waals surface area (Å²) in [6, 6.07) is 13.4. The maximum atomic E-state index is 13.0. The number of nitro groups is 1. The fraction of sp³-hybridized carbons (Fsp3) is 0.320. The highest BCUT2D eigenvalue weighted by atomic mass is 16.6. The number of rotatable bonds is 6. The summed E-state index contributed by atoms with van der Waals surface area (Å²) < 4.78 is 5.73. The van der Waals surface area contributed by atoms with Crippen molar-refractivity contribution in [2.24, 2.45) is 40.6 Å². The first kappa shape index (κ1) is 19.8. The predicted molar refractivity (Wildman–Crippen MR) is 118 cm³/mol. The lowest BCUT2D eigenvalue weighted by molar-refractivity contribution is -0.384. The smallest absolute Gasteiger partial charge is 0.269 e. The molecule has 2 aromatic carbocycles. The summed E-state index contributed by atoms with van der Waals surface area (Å²) in [4.78, 5) is 36.2. The van der Waals surface area contributed by atoms with Crippen LogP contribution in [0.1, 0.15) is 17.5 Å². The fourth-order valence-electron chi connectivity index (χ4n) is 5.71. The van der Waals surface area contributed by atoms with E-state index in [9.17, 15) is 19.7 Å². The van der Waals surface area contributed by atoms with Crippen LogP contribution >= 0.6 is 0 Å². The van der Waals surface area contributed by atoms with Crippen LogP contribution in [-0.4, -0.2) is 28.0 Å². The molecule has 2 aromatic rings. The van der Waals surface area contributed by atoms with E-state index in [0.29, 0.717) is 17.6 Å². The molecule has 0 spiro atoms. The third kappa shape index (κ3) is 3.25. The predicted octanol–water partition coefficient (Wildman–Crippen LogP) is 3.56. The second kappa shape index (κ2) is 7.37. The lowest BCUT2D eigenvalue weighted by Crippen LogP contribution is -2.40. The molecular weight excluding hydrogens is 422 g/mol. The molecule has 8 nitrogen and oxygen atoms in total. The van der Waals surface area contributed by atoms with Gasteiger partial charge in [0.25, 0.3) is 17.5 Å². The van der Waals surface area contributed by atoms with Crippen molar-refractivity contribution in [1.82, 2.24) is 5.01 Å². The number of nitrogens with zero attached hydrogens (tertiary/aromatic N) is 3. The number of ether oxygens (including phenoxy) is 1. The van der Waals surface area contributed by atoms with E-state index in [1.807, 2.05) is 0 Å². The molecule has 0 unspecified atom stereocenters. The van der Waals surface area contributed by atoms with Crippen LogP contribution in [0.2, 0.25) is 0 Å². The molecule has 5 aliphatic rings. The van der Waals surface area contributed by atoms with Crippen molar-refractivity contribution in [3.8, 4) is 5.75 Å². The number of nitro benzene ring substituents is 1. The summed E-state index contributed by atoms with van der Waals surface area (Å²) in [5.41, 5.74) is 1.61. The quantitative estimate of drug-likeness (QED) is 0.223. The summed E-state index contributed by atoms with van der Waals surface area (Å²) in [5.74, 6) is 1.31. The number of carbonyl (C=O) groups excluding carboxylic acids is 2. The minimum atomic E-state index is -0.439. The topological polar surface area (TPSA) is 102 Å². The Morgan fingerprint density at radius 3 is 2.15 bits per heavy atom. The molecule has 0 radical (unpaired) electrons. The SMILES string of the molecule is O=C1[C@@H]2[C@H]3C=C[C@@H]([C@@H]4C[C@@H]34)[C@H]2C(=O)N1N=Cc1ccc(OCc2ccc([N+](=O)[O-])cc2)cc1. The highest BCUT2D eigenvalue weighted by molar-refractivity contribution is 6.06. The Hall–Kier alpha value is -3.81. The van der Waals surface area contributed by atoms with Crippen molar-refractivity contribution in [1.29, 1.82) is 0 Å². The Labute approximate surface area is 189 Å². The second-order valence-electron chi connectivity index (χ2n) is 9.17. The molecular formula is C25H21N3O5. The maximum absolute atomic E-state index is 13.0. The molecule has 1 heterocycles. The number of allylic oxidation sites excluding steroid dienone is 2. The van der Waals surface area contributed by atoms with Crippen LogP contribution in [0.5, 0.6) is 5.75 Å². The van der Waals surface area contributed by atoms with Crippen LogP contribution in [0.4, 0.5) is 5.69 Å². The summed E-state index contributed by atoms with van der Waals surface area (Å²) >= 11 is 0. The average molecular weight is 443 g/mol. The third-order valence-corrected chi connectivity index (χ3v) is 7.39. The van der Waals surface area contributed by atoms with Crippen molar-refractivity contribution >= 4 is 23.7 Å². The first-order chi connectivity index (χ1) is 16.0. The normalized spacial score (nSPS) is 31.1. The molecule has 3 fully saturated rings. The van der Waals surface area contributed by atoms with Crippen molar-refractivity contribution in [2.45, 2.75) is 13.0 Å². The summed E-state index contributed by atoms with van der Waals surface area (Å²) in [6.07, 6.45) is 6.96. The van der Waals surface area contributed by atoms with E-state index in [1.54, 1.807) is 36.4 Å². The number of hydrogen-bond donors (Lipinski definition) is 0. The zero-order valence-electron chi connectivity index (χ0n) is 17.6. The van der Waals surface area contributed by atoms with E-state index in [4.69, 9.17) is 4.74 Å². The summed E-state index contributed by atoms with van der Waals surface area (Å²) in [5, 5.41) is 16.1. The molecule has 2 saturated carbocycles. The van der Waals surface area contributed by atoms with Crippen LogP contribution < -0.4 is 4.74 Å². The molecule has 166 valence electrons. The van der Waals surface area contributed by atoms with Crippen molar-refractivity contribution < 1.29 is 19.2 Å². The van der Waals surface area contributed by atoms with Gasteiger partial charge >= 0.3 is 0 Å². The monoisotopic (exact) mass is 443 g/mol. The largest absolute Gasteiger partial charge is 0.489 e. The van der Waals surface area contributed by atoms with Gasteiger partial charge in [0.05, 0.1) is 23.0 Å². The molecule has 4 aliphatic carbocycles. The highest BCUT2D eigenvalue weighted by Crippen LogP contribution is 2.65. The van der Waals surface area contributed by atoms with E-state index in [1.165, 1.54) is 18.3 Å². The molecule has 2 amide bonds. The Kier molecular flexibility index (Phi) is 4.43. The molecule has 1 aliphatic heterocycles. The molecule has 0 N–H and O–H groups in total. The van der Waals surface area contributed by atoms with Gasteiger partial charge in [-0.15, -0.1) is 0 Å². The Morgan fingerprint density at radius 2 is 1.58 bits per heavy atom. The number of non-ortho nitro benzene ring substituents is 1. The standard InChI is InChI=1S/C25H21N3O5/c29-24-22-18-9-10-19(21-11-20(18)21)23(22)25(30)27(24)26-12-14-3-7-17(8-4-14)33-13-15-1-5-16(6-2-15)28(31)32/h1-10,12,18-23H,11,13H2/t18-,19-,20-,21-,22+,23+/m0/s1. The van der Waals surface area contributed by atoms with Gasteiger partial charge < -0.3 is 4.74 Å². The number of benzene rings is 2. The summed E-state index contributed by atoms with van der Waals surface area (Å²) in [6.45, 7) is 0.281. The maximum Gasteiger partial charge on any atom is 0.269 e. The average Bonchev–Trinajstić information content (AvgIpc) is 3.62. The van der Waals surface area contributed by atoms with Gasteiger partial charge in [0.2, 0.25) is 0 Å². The summed E-state index contributed by atoms with van der Waals surface area (Å²) in [7, 11) is 0. The minimum Gasteiger partial charge on any atom is -0.489 e. The van der Waals surface area contributed by atoms with E-state index in [-0.39, 0.29) is 47.8 Å². The van der Waals surface area contributed by atoms with Gasteiger partial charge in [0.1, 0.15) is 12.4 Å². The van der Waals surface area contributed by atoms with Crippen molar-refractivity contribution in [2.75, 3.05) is 0 Å². The van der Waals surface area contributed by atoms with Crippen molar-refractivity contribution in [3.05, 3.63) is 81.9 Å². The molecule has 6 atom stereocenters. The van der Waals surface area contributed by atoms with Gasteiger partial charge in [-0.05, 0) is 77.6 Å². The lowest BCUT2D eigenvalue weighted by Gasteiger charge is -2.37. The molecule has 2 bridgehead atoms. The minimum absolute atomic E-state index is 0.0392. The van der Waals surface area contributed by atoms with Gasteiger partial charge in [-0.3, -0.25) is 19.7 Å². The molecule has 7 rings (SSSR count). The second-order valence-corrected chi connectivity index (χ2v) is 9.17. The third-order valence-electron chi connectivity index (χ3n) is 7.39. The number of imide groups is 1. The van der Waals surface area contributed by atoms with Crippen LogP contribution in [0.15, 0.2) is 65.8 Å². The van der Waals surface area contributed by atoms with Crippen LogP contribution in [0, 0.1) is 45.6 Å². The molecule has 8 heteroatoms. The molecule has 33 heavy (non-hydrogen) atoms. The van der Waals surface area contributed by atoms with Crippen LogP contribution in [0.25, 0.3) is 0 Å². The number of hydrazone groups is 1. The number of amides is 2. The first-order valence-corrected chi connectivity index (χ1v) is 11.1. The van der Waals surface area contributed by atoms with E-state index in [0.717, 1.165) is 22.6 Å². The van der Waals surface area contributed by atoms with Crippen LogP contribution in [0.3, 0.4) is 0 Å². The van der Waals surface area contributed by atoms with Gasteiger partial charge in [-0.2, -0.15) is 10.1 Å². The highest BCUT2D eigenvalue weighted by Gasteiger charge is 2.67. The molecule has 1 saturated heterocycles.